The molecule has 0 unspecified atom stereocenters. The van der Waals surface area contributed by atoms with Crippen molar-refractivity contribution in [3.8, 4) is 0 Å². The van der Waals surface area contributed by atoms with Crippen molar-refractivity contribution in [2.75, 3.05) is 0 Å². The van der Waals surface area contributed by atoms with E-state index in [-0.39, 0.29) is 12.8 Å². The fraction of sp³-hybridized carbons (Fsp3) is 0.846. The number of hydrogen-bond donors (Lipinski definition) is 4. The van der Waals surface area contributed by atoms with Gasteiger partial charge >= 0.3 is 11.9 Å². The van der Waals surface area contributed by atoms with Crippen molar-refractivity contribution >= 4 is 11.9 Å². The van der Waals surface area contributed by atoms with Crippen LogP contribution in [-0.2, 0) is 9.59 Å². The smallest absolute Gasteiger partial charge is 0.303 e. The number of rotatable bonds is 10. The Bertz CT molecular complexity index is 209. The molecule has 0 fully saturated rings. The molecule has 0 rings (SSSR count). The number of unbranched alkanes of at least 4 members (excludes halogenated alkanes) is 4. The molecule has 19 heavy (non-hydrogen) atoms. The number of aliphatic carboxylic acids is 2. The molecule has 4 N–H and O–H groups in total. The number of aliphatic hydroxyl groups is 2. The standard InChI is InChI=1S/C9H16O4.C4H10O2/c10-8(11)6-4-2-1-3-5-7-9(12)13;1-2-3-4(5)6/h1-7H2,(H,10,11)(H,12,13);4-6H,2-3H2,1H3. The summed E-state index contributed by atoms with van der Waals surface area (Å²) in [6.07, 6.45) is 4.74. The highest BCUT2D eigenvalue weighted by molar-refractivity contribution is 5.66. The van der Waals surface area contributed by atoms with E-state index in [1.54, 1.807) is 0 Å². The van der Waals surface area contributed by atoms with E-state index in [1.807, 2.05) is 6.92 Å². The summed E-state index contributed by atoms with van der Waals surface area (Å²) in [5, 5.41) is 32.8. The van der Waals surface area contributed by atoms with Crippen molar-refractivity contribution < 1.29 is 30.0 Å². The lowest BCUT2D eigenvalue weighted by molar-refractivity contribution is -0.138. The second kappa shape index (κ2) is 14.9. The van der Waals surface area contributed by atoms with Crippen LogP contribution in [0, 0.1) is 0 Å². The number of hydrogen-bond acceptors (Lipinski definition) is 4. The molecule has 6 nitrogen and oxygen atoms in total. The van der Waals surface area contributed by atoms with Crippen molar-refractivity contribution in [2.24, 2.45) is 0 Å². The number of carbonyl (C=O) groups is 2. The Labute approximate surface area is 114 Å². The van der Waals surface area contributed by atoms with Crippen molar-refractivity contribution in [1.82, 2.24) is 0 Å². The van der Waals surface area contributed by atoms with Crippen LogP contribution in [0.1, 0.15) is 64.7 Å². The van der Waals surface area contributed by atoms with E-state index in [0.717, 1.165) is 25.7 Å². The van der Waals surface area contributed by atoms with Crippen molar-refractivity contribution in [2.45, 2.75) is 71.0 Å². The third-order valence-electron chi connectivity index (χ3n) is 2.33. The highest BCUT2D eigenvalue weighted by atomic mass is 16.5. The molecular weight excluding hydrogens is 252 g/mol. The van der Waals surface area contributed by atoms with Gasteiger partial charge in [0.1, 0.15) is 0 Å². The zero-order chi connectivity index (χ0) is 15.1. The number of aliphatic hydroxyl groups excluding tert-OH is 1. The van der Waals surface area contributed by atoms with Gasteiger partial charge in [-0.05, 0) is 19.3 Å². The van der Waals surface area contributed by atoms with Gasteiger partial charge in [-0.25, -0.2) is 0 Å². The summed E-state index contributed by atoms with van der Waals surface area (Å²) in [5.74, 6) is -1.52. The molecule has 114 valence electrons. The monoisotopic (exact) mass is 278 g/mol. The topological polar surface area (TPSA) is 115 Å². The normalized spacial score (nSPS) is 9.89. The first-order valence-corrected chi connectivity index (χ1v) is 6.69. The van der Waals surface area contributed by atoms with Gasteiger partial charge in [0.05, 0.1) is 0 Å². The van der Waals surface area contributed by atoms with Crippen LogP contribution < -0.4 is 0 Å². The molecule has 0 radical (unpaired) electrons. The van der Waals surface area contributed by atoms with Gasteiger partial charge in [-0.1, -0.05) is 32.6 Å². The quantitative estimate of drug-likeness (QED) is 0.359. The Morgan fingerprint density at radius 2 is 1.21 bits per heavy atom. The van der Waals surface area contributed by atoms with E-state index in [9.17, 15) is 9.59 Å². The molecule has 0 heterocycles. The van der Waals surface area contributed by atoms with Crippen LogP contribution in [0.5, 0.6) is 0 Å². The van der Waals surface area contributed by atoms with E-state index in [2.05, 4.69) is 0 Å². The summed E-state index contributed by atoms with van der Waals surface area (Å²) in [4.78, 5) is 20.2. The first-order valence-electron chi connectivity index (χ1n) is 6.69. The highest BCUT2D eigenvalue weighted by Gasteiger charge is 1.98. The van der Waals surface area contributed by atoms with Gasteiger partial charge in [-0.15, -0.1) is 0 Å². The van der Waals surface area contributed by atoms with Crippen LogP contribution >= 0.6 is 0 Å². The maximum atomic E-state index is 10.1. The second-order valence-electron chi connectivity index (χ2n) is 4.32. The second-order valence-corrected chi connectivity index (χ2v) is 4.32. The Hall–Kier alpha value is -1.14. The summed E-state index contributed by atoms with van der Waals surface area (Å²) in [6, 6.07) is 0. The van der Waals surface area contributed by atoms with E-state index < -0.39 is 18.2 Å². The van der Waals surface area contributed by atoms with Gasteiger partial charge in [0.15, 0.2) is 6.29 Å². The summed E-state index contributed by atoms with van der Waals surface area (Å²) < 4.78 is 0. The predicted molar refractivity (Wildman–Crippen MR) is 70.7 cm³/mol. The number of carboxylic acid groups (broad SMARTS) is 2. The minimum Gasteiger partial charge on any atom is -0.481 e. The minimum absolute atomic E-state index is 0.221. The summed E-state index contributed by atoms with van der Waals surface area (Å²) in [6.45, 7) is 1.90. The fourth-order valence-electron chi connectivity index (χ4n) is 1.34. The zero-order valence-corrected chi connectivity index (χ0v) is 11.5. The molecule has 6 heteroatoms. The van der Waals surface area contributed by atoms with E-state index in [4.69, 9.17) is 20.4 Å². The van der Waals surface area contributed by atoms with Crippen molar-refractivity contribution in [1.29, 1.82) is 0 Å². The third-order valence-corrected chi connectivity index (χ3v) is 2.33. The van der Waals surface area contributed by atoms with Crippen LogP contribution in [0.4, 0.5) is 0 Å². The molecule has 0 aliphatic heterocycles. The van der Waals surface area contributed by atoms with Crippen LogP contribution in [0.2, 0.25) is 0 Å². The maximum Gasteiger partial charge on any atom is 0.303 e. The van der Waals surface area contributed by atoms with Crippen molar-refractivity contribution in [3.05, 3.63) is 0 Å². The molecule has 0 aliphatic carbocycles. The maximum absolute atomic E-state index is 10.1. The average Bonchev–Trinajstić information content (AvgIpc) is 2.27. The van der Waals surface area contributed by atoms with Gasteiger partial charge < -0.3 is 20.4 Å². The highest BCUT2D eigenvalue weighted by Crippen LogP contribution is 2.06. The molecule has 0 spiro atoms. The van der Waals surface area contributed by atoms with Gasteiger partial charge in [-0.2, -0.15) is 0 Å². The van der Waals surface area contributed by atoms with E-state index in [0.29, 0.717) is 19.3 Å². The molecular formula is C13H26O6. The van der Waals surface area contributed by atoms with Crippen LogP contribution in [0.3, 0.4) is 0 Å². The summed E-state index contributed by atoms with van der Waals surface area (Å²) in [7, 11) is 0. The molecule has 0 aromatic carbocycles. The molecule has 0 saturated heterocycles. The lowest BCUT2D eigenvalue weighted by Crippen LogP contribution is -2.01. The molecule has 0 saturated carbocycles. The van der Waals surface area contributed by atoms with Crippen LogP contribution in [0.25, 0.3) is 0 Å². The van der Waals surface area contributed by atoms with Gasteiger partial charge in [0, 0.05) is 12.8 Å². The zero-order valence-electron chi connectivity index (χ0n) is 11.5. The van der Waals surface area contributed by atoms with Crippen molar-refractivity contribution in [3.63, 3.8) is 0 Å². The Morgan fingerprint density at radius 1 is 0.842 bits per heavy atom. The minimum atomic E-state index is -1.10. The van der Waals surface area contributed by atoms with E-state index >= 15 is 0 Å². The third kappa shape index (κ3) is 26.5. The Morgan fingerprint density at radius 3 is 1.42 bits per heavy atom. The van der Waals surface area contributed by atoms with Gasteiger partial charge in [-0.3, -0.25) is 9.59 Å². The molecule has 0 amide bonds. The first-order chi connectivity index (χ1) is 8.90. The van der Waals surface area contributed by atoms with Crippen LogP contribution in [0.15, 0.2) is 0 Å². The number of carboxylic acids is 2. The predicted octanol–water partition coefficient (Wildman–Crippen LogP) is 1.98. The molecule has 0 bridgehead atoms. The Balaban J connectivity index is 0. The molecule has 0 aromatic heterocycles. The molecule has 0 aromatic rings. The first kappa shape index (κ1) is 20.2. The fourth-order valence-corrected chi connectivity index (χ4v) is 1.34. The summed E-state index contributed by atoms with van der Waals surface area (Å²) >= 11 is 0. The molecule has 0 atom stereocenters. The van der Waals surface area contributed by atoms with Crippen LogP contribution in [-0.4, -0.2) is 38.7 Å². The lowest BCUT2D eigenvalue weighted by atomic mass is 10.1. The Kier molecular flexibility index (Phi) is 15.8. The molecule has 0 aliphatic rings. The SMILES string of the molecule is CCCC(O)O.O=C(O)CCCCCCCC(=O)O. The van der Waals surface area contributed by atoms with Gasteiger partial charge in [0.2, 0.25) is 0 Å². The average molecular weight is 278 g/mol. The largest absolute Gasteiger partial charge is 0.481 e. The van der Waals surface area contributed by atoms with E-state index in [1.165, 1.54) is 0 Å². The summed E-state index contributed by atoms with van der Waals surface area (Å²) in [5.41, 5.74) is 0. The van der Waals surface area contributed by atoms with Gasteiger partial charge in [0.25, 0.3) is 0 Å². The lowest BCUT2D eigenvalue weighted by Gasteiger charge is -1.97.